The van der Waals surface area contributed by atoms with Gasteiger partial charge in [-0.25, -0.2) is 28.6 Å². The highest BCUT2D eigenvalue weighted by Crippen LogP contribution is 2.67. The molecule has 33 heavy (non-hydrogen) atoms. The lowest BCUT2D eigenvalue weighted by atomic mass is 10.1. The SMILES string of the molecule is COP(=O)(O)OP(=O)(O)OP(=O)(O)OC[C@H]1O[C@@H](n2cnc3c(N)ncnc32)CC1N=[N+]=[N-]. The van der Waals surface area contributed by atoms with Crippen molar-refractivity contribution in [1.82, 2.24) is 19.5 Å². The summed E-state index contributed by atoms with van der Waals surface area (Å²) in [4.78, 5) is 42.8. The summed E-state index contributed by atoms with van der Waals surface area (Å²) in [6, 6.07) is -0.903. The molecule has 2 aromatic rings. The van der Waals surface area contributed by atoms with Crippen LogP contribution in [0.3, 0.4) is 0 Å². The van der Waals surface area contributed by atoms with Crippen LogP contribution in [0.15, 0.2) is 17.8 Å². The molecule has 0 aromatic carbocycles. The van der Waals surface area contributed by atoms with Crippen LogP contribution < -0.4 is 5.73 Å². The van der Waals surface area contributed by atoms with Gasteiger partial charge in [0.25, 0.3) is 0 Å². The van der Waals surface area contributed by atoms with E-state index in [0.717, 1.165) is 0 Å². The summed E-state index contributed by atoms with van der Waals surface area (Å²) in [7, 11) is -15.2. The molecule has 0 bridgehead atoms. The van der Waals surface area contributed by atoms with E-state index >= 15 is 0 Å². The van der Waals surface area contributed by atoms with Gasteiger partial charge in [0, 0.05) is 18.4 Å². The Hall–Kier alpha value is -1.97. The average Bonchev–Trinajstić information content (AvgIpc) is 3.30. The van der Waals surface area contributed by atoms with Crippen LogP contribution in [0.1, 0.15) is 12.6 Å². The van der Waals surface area contributed by atoms with E-state index in [0.29, 0.717) is 18.3 Å². The number of imidazole rings is 1. The molecule has 4 unspecified atom stereocenters. The third kappa shape index (κ3) is 6.33. The molecule has 1 fully saturated rings. The van der Waals surface area contributed by atoms with E-state index in [4.69, 9.17) is 20.9 Å². The van der Waals surface area contributed by atoms with E-state index in [-0.39, 0.29) is 12.2 Å². The van der Waals surface area contributed by atoms with Gasteiger partial charge in [0.05, 0.1) is 25.1 Å². The van der Waals surface area contributed by atoms with Gasteiger partial charge < -0.3 is 25.2 Å². The minimum atomic E-state index is -5.56. The predicted octanol–water partition coefficient (Wildman–Crippen LogP) is 1.37. The molecular formula is C11H17N8O11P3. The Morgan fingerprint density at radius 3 is 2.61 bits per heavy atom. The van der Waals surface area contributed by atoms with Gasteiger partial charge in [0.2, 0.25) is 0 Å². The molecule has 0 aliphatic carbocycles. The minimum Gasteiger partial charge on any atom is -0.382 e. The molecule has 3 heterocycles. The lowest BCUT2D eigenvalue weighted by molar-refractivity contribution is -0.0230. The number of nitrogens with two attached hydrogens (primary N) is 1. The summed E-state index contributed by atoms with van der Waals surface area (Å²) in [5, 5.41) is 3.55. The molecule has 0 saturated carbocycles. The maximum Gasteiger partial charge on any atom is 0.490 e. The van der Waals surface area contributed by atoms with Gasteiger partial charge in [-0.2, -0.15) is 8.62 Å². The Kier molecular flexibility index (Phi) is 7.55. The first-order valence-electron chi connectivity index (χ1n) is 8.60. The third-order valence-corrected chi connectivity index (χ3v) is 8.39. The van der Waals surface area contributed by atoms with Crippen LogP contribution in [-0.2, 0) is 36.1 Å². The molecule has 19 nitrogen and oxygen atoms in total. The quantitative estimate of drug-likeness (QED) is 0.146. The summed E-state index contributed by atoms with van der Waals surface area (Å²) in [6.07, 6.45) is 0.724. The molecule has 3 rings (SSSR count). The standard InChI is InChI=1S/C11H17N8O11P3/c1-26-31(20,21)29-33(24,25)30-32(22,23)27-3-7-6(17-18-13)2-8(28-7)19-5-16-9-10(12)14-4-15-11(9)19/h4-8H,2-3H2,1H3,(H,20,21)(H,22,23)(H,24,25)(H2,12,14,15)/t6?,7-,8-/m1/s1. The van der Waals surface area contributed by atoms with Crippen LogP contribution in [0.25, 0.3) is 21.6 Å². The van der Waals surface area contributed by atoms with E-state index < -0.39 is 48.4 Å². The summed E-state index contributed by atoms with van der Waals surface area (Å²) in [5.41, 5.74) is 15.2. The molecule has 182 valence electrons. The largest absolute Gasteiger partial charge is 0.490 e. The molecule has 1 saturated heterocycles. The van der Waals surface area contributed by atoms with Crippen molar-refractivity contribution in [2.24, 2.45) is 5.11 Å². The maximum atomic E-state index is 12.0. The Balaban J connectivity index is 1.71. The maximum absolute atomic E-state index is 12.0. The number of phosphoric acid groups is 3. The average molecular weight is 530 g/mol. The number of ether oxygens (including phenoxy) is 1. The Labute approximate surface area is 183 Å². The predicted molar refractivity (Wildman–Crippen MR) is 106 cm³/mol. The first-order valence-corrected chi connectivity index (χ1v) is 13.1. The van der Waals surface area contributed by atoms with Gasteiger partial charge in [-0.05, 0) is 5.53 Å². The normalized spacial score (nSPS) is 26.2. The number of aromatic nitrogens is 4. The minimum absolute atomic E-state index is 0.0766. The van der Waals surface area contributed by atoms with Crippen molar-refractivity contribution in [3.05, 3.63) is 23.1 Å². The lowest BCUT2D eigenvalue weighted by Gasteiger charge is -2.20. The fourth-order valence-corrected chi connectivity index (χ4v) is 6.07. The highest BCUT2D eigenvalue weighted by Gasteiger charge is 2.43. The zero-order valence-electron chi connectivity index (χ0n) is 16.5. The number of rotatable bonds is 10. The van der Waals surface area contributed by atoms with Crippen molar-refractivity contribution in [3.8, 4) is 0 Å². The lowest BCUT2D eigenvalue weighted by Crippen LogP contribution is -2.24. The smallest absolute Gasteiger partial charge is 0.382 e. The van der Waals surface area contributed by atoms with Crippen molar-refractivity contribution in [2.75, 3.05) is 19.5 Å². The van der Waals surface area contributed by atoms with Crippen LogP contribution in [-0.4, -0.2) is 60.1 Å². The zero-order valence-corrected chi connectivity index (χ0v) is 19.1. The number of fused-ring (bicyclic) bond motifs is 1. The van der Waals surface area contributed by atoms with Crippen LogP contribution in [0.4, 0.5) is 5.82 Å². The molecule has 0 amide bonds. The number of hydrogen-bond acceptors (Lipinski definition) is 13. The zero-order chi connectivity index (χ0) is 24.4. The molecule has 1 aliphatic rings. The van der Waals surface area contributed by atoms with E-state index in [1.165, 1.54) is 17.2 Å². The first kappa shape index (κ1) is 25.6. The van der Waals surface area contributed by atoms with E-state index in [2.05, 4.69) is 42.6 Å². The van der Waals surface area contributed by atoms with Gasteiger partial charge >= 0.3 is 23.5 Å². The molecule has 2 aromatic heterocycles. The van der Waals surface area contributed by atoms with Crippen molar-refractivity contribution in [1.29, 1.82) is 0 Å². The second kappa shape index (κ2) is 9.72. The highest BCUT2D eigenvalue weighted by atomic mass is 31.3. The van der Waals surface area contributed by atoms with Crippen LogP contribution in [0, 0.1) is 0 Å². The number of nitrogen functional groups attached to an aromatic ring is 1. The van der Waals surface area contributed by atoms with Crippen LogP contribution in [0.2, 0.25) is 0 Å². The van der Waals surface area contributed by atoms with Crippen molar-refractivity contribution in [3.63, 3.8) is 0 Å². The highest BCUT2D eigenvalue weighted by molar-refractivity contribution is 7.66. The van der Waals surface area contributed by atoms with Crippen molar-refractivity contribution >= 4 is 40.4 Å². The Morgan fingerprint density at radius 2 is 1.94 bits per heavy atom. The van der Waals surface area contributed by atoms with Gasteiger partial charge in [0.1, 0.15) is 18.1 Å². The van der Waals surface area contributed by atoms with E-state index in [9.17, 15) is 23.5 Å². The second-order valence-corrected chi connectivity index (χ2v) is 11.0. The van der Waals surface area contributed by atoms with Gasteiger partial charge in [0.15, 0.2) is 11.5 Å². The Bertz CT molecular complexity index is 1220. The Morgan fingerprint density at radius 1 is 1.24 bits per heavy atom. The van der Waals surface area contributed by atoms with Crippen molar-refractivity contribution < 1.29 is 50.8 Å². The fraction of sp³-hybridized carbons (Fsp3) is 0.545. The van der Waals surface area contributed by atoms with E-state index in [1.807, 2.05) is 0 Å². The number of phosphoric ester groups is 2. The molecule has 0 spiro atoms. The van der Waals surface area contributed by atoms with Crippen LogP contribution >= 0.6 is 23.5 Å². The summed E-state index contributed by atoms with van der Waals surface area (Å²) < 4.78 is 58.4. The van der Waals surface area contributed by atoms with Gasteiger partial charge in [-0.15, -0.1) is 0 Å². The fourth-order valence-electron chi connectivity index (χ4n) is 2.80. The number of anilines is 1. The summed E-state index contributed by atoms with van der Waals surface area (Å²) in [6.45, 7) is -0.751. The number of azide groups is 1. The molecule has 6 atom stereocenters. The number of nitrogens with zero attached hydrogens (tertiary/aromatic N) is 7. The number of hydrogen-bond donors (Lipinski definition) is 4. The summed E-state index contributed by atoms with van der Waals surface area (Å²) in [5.74, 6) is 0.123. The van der Waals surface area contributed by atoms with Crippen molar-refractivity contribution in [2.45, 2.75) is 24.8 Å². The monoisotopic (exact) mass is 530 g/mol. The molecule has 1 aliphatic heterocycles. The molecule has 22 heteroatoms. The van der Waals surface area contributed by atoms with Crippen LogP contribution in [0.5, 0.6) is 0 Å². The van der Waals surface area contributed by atoms with Gasteiger partial charge in [-0.3, -0.25) is 13.6 Å². The molecule has 5 N–H and O–H groups in total. The first-order chi connectivity index (χ1) is 15.4. The summed E-state index contributed by atoms with van der Waals surface area (Å²) >= 11 is 0. The van der Waals surface area contributed by atoms with Gasteiger partial charge in [-0.1, -0.05) is 5.11 Å². The third-order valence-electron chi connectivity index (χ3n) is 4.15. The topological polar surface area (TPSA) is 276 Å². The molecule has 0 radical (unpaired) electrons. The van der Waals surface area contributed by atoms with E-state index in [1.54, 1.807) is 0 Å². The molecular weight excluding hydrogens is 513 g/mol. The second-order valence-electron chi connectivity index (χ2n) is 6.27.